The average Bonchev–Trinajstić information content (AvgIpc) is 3.16. The van der Waals surface area contributed by atoms with Gasteiger partial charge < -0.3 is 14.8 Å². The zero-order chi connectivity index (χ0) is 21.5. The van der Waals surface area contributed by atoms with Crippen LogP contribution in [0.1, 0.15) is 41.0 Å². The van der Waals surface area contributed by atoms with E-state index in [2.05, 4.69) is 5.32 Å². The number of benzene rings is 2. The van der Waals surface area contributed by atoms with Crippen molar-refractivity contribution in [2.45, 2.75) is 20.3 Å². The second-order valence-electron chi connectivity index (χ2n) is 6.41. The van der Waals surface area contributed by atoms with Gasteiger partial charge in [0.2, 0.25) is 0 Å². The van der Waals surface area contributed by atoms with Gasteiger partial charge in [0.05, 0.1) is 13.2 Å². The van der Waals surface area contributed by atoms with Crippen molar-refractivity contribution in [1.82, 2.24) is 0 Å². The van der Waals surface area contributed by atoms with Gasteiger partial charge in [-0.2, -0.15) is 0 Å². The molecule has 0 bridgehead atoms. The molecule has 1 amide bonds. The molecule has 2 aromatic carbocycles. The van der Waals surface area contributed by atoms with E-state index in [4.69, 9.17) is 21.1 Å². The van der Waals surface area contributed by atoms with Crippen LogP contribution in [0.4, 0.5) is 5.00 Å². The van der Waals surface area contributed by atoms with Crippen LogP contribution in [0, 0.1) is 0 Å². The van der Waals surface area contributed by atoms with Gasteiger partial charge >= 0.3 is 5.97 Å². The van der Waals surface area contributed by atoms with Crippen molar-refractivity contribution in [2.75, 3.05) is 18.5 Å². The van der Waals surface area contributed by atoms with E-state index >= 15 is 0 Å². The number of hydrogen-bond acceptors (Lipinski definition) is 5. The Morgan fingerprint density at radius 2 is 1.87 bits per heavy atom. The molecule has 3 aromatic rings. The number of halogens is 1. The van der Waals surface area contributed by atoms with Crippen LogP contribution in [-0.4, -0.2) is 25.1 Å². The molecule has 3 rings (SSSR count). The zero-order valence-electron chi connectivity index (χ0n) is 16.7. The van der Waals surface area contributed by atoms with Gasteiger partial charge in [-0.3, -0.25) is 4.79 Å². The van der Waals surface area contributed by atoms with Crippen LogP contribution in [0.3, 0.4) is 0 Å². The van der Waals surface area contributed by atoms with Crippen molar-refractivity contribution in [2.24, 2.45) is 0 Å². The molecule has 1 heterocycles. The summed E-state index contributed by atoms with van der Waals surface area (Å²) in [5.74, 6) is -0.0655. The number of hydrogen-bond donors (Lipinski definition) is 1. The molecule has 0 aliphatic rings. The van der Waals surface area contributed by atoms with Gasteiger partial charge in [-0.15, -0.1) is 11.3 Å². The van der Waals surface area contributed by atoms with Gasteiger partial charge in [0, 0.05) is 21.5 Å². The number of thiophene rings is 1. The second kappa shape index (κ2) is 10.3. The fourth-order valence-electron chi connectivity index (χ4n) is 2.82. The minimum atomic E-state index is -0.485. The quantitative estimate of drug-likeness (QED) is 0.416. The SMILES string of the molecule is CCCOc1ccc(-c2csc(NC(=O)c3cccc(Cl)c3)c2C(=O)OCC)cc1. The summed E-state index contributed by atoms with van der Waals surface area (Å²) in [6.45, 7) is 4.67. The fraction of sp³-hybridized carbons (Fsp3) is 0.217. The Morgan fingerprint density at radius 1 is 1.10 bits per heavy atom. The van der Waals surface area contributed by atoms with Gasteiger partial charge in [0.1, 0.15) is 16.3 Å². The smallest absolute Gasteiger partial charge is 0.341 e. The minimum Gasteiger partial charge on any atom is -0.494 e. The van der Waals surface area contributed by atoms with Crippen LogP contribution in [-0.2, 0) is 4.74 Å². The maximum absolute atomic E-state index is 12.7. The number of carbonyl (C=O) groups excluding carboxylic acids is 2. The topological polar surface area (TPSA) is 64.6 Å². The molecule has 0 radical (unpaired) electrons. The molecule has 1 aromatic heterocycles. The Bertz CT molecular complexity index is 1030. The molecule has 0 aliphatic carbocycles. The number of esters is 1. The summed E-state index contributed by atoms with van der Waals surface area (Å²) in [6, 6.07) is 14.1. The summed E-state index contributed by atoms with van der Waals surface area (Å²) in [4.78, 5) is 25.3. The first-order chi connectivity index (χ1) is 14.5. The monoisotopic (exact) mass is 443 g/mol. The van der Waals surface area contributed by atoms with Crippen molar-refractivity contribution >= 4 is 39.8 Å². The first kappa shape index (κ1) is 21.9. The molecule has 5 nitrogen and oxygen atoms in total. The summed E-state index contributed by atoms with van der Waals surface area (Å²) in [5.41, 5.74) is 2.27. The van der Waals surface area contributed by atoms with E-state index in [0.29, 0.717) is 33.3 Å². The highest BCUT2D eigenvalue weighted by Gasteiger charge is 2.23. The lowest BCUT2D eigenvalue weighted by Gasteiger charge is -2.10. The Hall–Kier alpha value is -2.83. The van der Waals surface area contributed by atoms with E-state index in [1.54, 1.807) is 31.2 Å². The number of anilines is 1. The van der Waals surface area contributed by atoms with Crippen LogP contribution in [0.2, 0.25) is 5.02 Å². The minimum absolute atomic E-state index is 0.236. The van der Waals surface area contributed by atoms with Gasteiger partial charge in [0.25, 0.3) is 5.91 Å². The highest BCUT2D eigenvalue weighted by atomic mass is 35.5. The van der Waals surface area contributed by atoms with Crippen molar-refractivity contribution in [3.8, 4) is 16.9 Å². The number of nitrogens with one attached hydrogen (secondary N) is 1. The van der Waals surface area contributed by atoms with E-state index in [1.165, 1.54) is 11.3 Å². The highest BCUT2D eigenvalue weighted by Crippen LogP contribution is 2.37. The Morgan fingerprint density at radius 3 is 2.53 bits per heavy atom. The summed E-state index contributed by atoms with van der Waals surface area (Å²) < 4.78 is 10.9. The van der Waals surface area contributed by atoms with Gasteiger partial charge in [0.15, 0.2) is 0 Å². The summed E-state index contributed by atoms with van der Waals surface area (Å²) in [7, 11) is 0. The van der Waals surface area contributed by atoms with Crippen molar-refractivity contribution in [3.05, 3.63) is 70.1 Å². The predicted octanol–water partition coefficient (Wildman–Crippen LogP) is 6.29. The van der Waals surface area contributed by atoms with Gasteiger partial charge in [-0.05, 0) is 49.2 Å². The number of amides is 1. The third-order valence-electron chi connectivity index (χ3n) is 4.22. The largest absolute Gasteiger partial charge is 0.494 e. The second-order valence-corrected chi connectivity index (χ2v) is 7.73. The first-order valence-corrected chi connectivity index (χ1v) is 10.9. The Balaban J connectivity index is 1.92. The van der Waals surface area contributed by atoms with Crippen LogP contribution < -0.4 is 10.1 Å². The number of rotatable bonds is 8. The van der Waals surface area contributed by atoms with Crippen LogP contribution in [0.15, 0.2) is 53.9 Å². The molecule has 0 unspecified atom stereocenters. The molecule has 30 heavy (non-hydrogen) atoms. The van der Waals surface area contributed by atoms with Crippen molar-refractivity contribution in [3.63, 3.8) is 0 Å². The fourth-order valence-corrected chi connectivity index (χ4v) is 3.97. The van der Waals surface area contributed by atoms with E-state index in [1.807, 2.05) is 36.6 Å². The first-order valence-electron chi connectivity index (χ1n) is 9.62. The molecule has 0 atom stereocenters. The lowest BCUT2D eigenvalue weighted by molar-refractivity contribution is 0.0529. The maximum Gasteiger partial charge on any atom is 0.341 e. The highest BCUT2D eigenvalue weighted by molar-refractivity contribution is 7.15. The Labute approximate surface area is 184 Å². The zero-order valence-corrected chi connectivity index (χ0v) is 18.3. The molecule has 7 heteroatoms. The molecule has 0 aliphatic heterocycles. The molecule has 156 valence electrons. The van der Waals surface area contributed by atoms with E-state index in [0.717, 1.165) is 17.7 Å². The standard InChI is InChI=1S/C23H22ClNO4S/c1-3-12-29-18-10-8-15(9-11-18)19-14-30-22(20(19)23(27)28-4-2)25-21(26)16-6-5-7-17(24)13-16/h5-11,13-14H,3-4,12H2,1-2H3,(H,25,26). The summed E-state index contributed by atoms with van der Waals surface area (Å²) >= 11 is 7.26. The molecule has 0 saturated carbocycles. The van der Waals surface area contributed by atoms with Crippen LogP contribution in [0.25, 0.3) is 11.1 Å². The molecule has 0 fully saturated rings. The molecule has 0 saturated heterocycles. The number of ether oxygens (including phenoxy) is 2. The third kappa shape index (κ3) is 5.20. The number of carbonyl (C=O) groups is 2. The summed E-state index contributed by atoms with van der Waals surface area (Å²) in [5, 5.41) is 5.55. The van der Waals surface area contributed by atoms with Crippen LogP contribution >= 0.6 is 22.9 Å². The van der Waals surface area contributed by atoms with E-state index < -0.39 is 5.97 Å². The predicted molar refractivity (Wildman–Crippen MR) is 121 cm³/mol. The van der Waals surface area contributed by atoms with Crippen LogP contribution in [0.5, 0.6) is 5.75 Å². The van der Waals surface area contributed by atoms with Gasteiger partial charge in [-0.1, -0.05) is 36.7 Å². The van der Waals surface area contributed by atoms with E-state index in [9.17, 15) is 9.59 Å². The lowest BCUT2D eigenvalue weighted by Crippen LogP contribution is -2.14. The lowest BCUT2D eigenvalue weighted by atomic mass is 10.0. The molecular formula is C23H22ClNO4S. The molecule has 0 spiro atoms. The Kier molecular flexibility index (Phi) is 7.49. The van der Waals surface area contributed by atoms with Crippen molar-refractivity contribution < 1.29 is 19.1 Å². The summed E-state index contributed by atoms with van der Waals surface area (Å²) in [6.07, 6.45) is 0.926. The van der Waals surface area contributed by atoms with Crippen molar-refractivity contribution in [1.29, 1.82) is 0 Å². The van der Waals surface area contributed by atoms with Gasteiger partial charge in [-0.25, -0.2) is 4.79 Å². The average molecular weight is 444 g/mol. The third-order valence-corrected chi connectivity index (χ3v) is 5.35. The molecular weight excluding hydrogens is 422 g/mol. The van der Waals surface area contributed by atoms with E-state index in [-0.39, 0.29) is 12.5 Å². The maximum atomic E-state index is 12.7. The normalized spacial score (nSPS) is 10.5. The molecule has 1 N–H and O–H groups in total.